The summed E-state index contributed by atoms with van der Waals surface area (Å²) in [6.07, 6.45) is 1.16. The summed E-state index contributed by atoms with van der Waals surface area (Å²) in [6, 6.07) is 16.2. The third-order valence-corrected chi connectivity index (χ3v) is 3.87. The van der Waals surface area contributed by atoms with Gasteiger partial charge in [0, 0.05) is 0 Å². The number of benzene rings is 2. The first kappa shape index (κ1) is 13.7. The number of para-hydroxylation sites is 2. The summed E-state index contributed by atoms with van der Waals surface area (Å²) < 4.78 is 5.76. The van der Waals surface area contributed by atoms with Gasteiger partial charge in [-0.1, -0.05) is 36.4 Å². The van der Waals surface area contributed by atoms with Crippen LogP contribution in [0.1, 0.15) is 28.7 Å². The average molecular weight is 304 g/mol. The number of fused-ring (bicyclic) bond motifs is 1. The van der Waals surface area contributed by atoms with Gasteiger partial charge in [0.25, 0.3) is 0 Å². The first-order chi connectivity index (χ1) is 11.3. The molecule has 0 radical (unpaired) electrons. The highest BCUT2D eigenvalue weighted by atomic mass is 16.4. The molecule has 4 rings (SSSR count). The van der Waals surface area contributed by atoms with E-state index in [-0.39, 0.29) is 0 Å². The van der Waals surface area contributed by atoms with Gasteiger partial charge in [-0.15, -0.1) is 10.2 Å². The van der Waals surface area contributed by atoms with Crippen LogP contribution in [0.3, 0.4) is 0 Å². The van der Waals surface area contributed by atoms with E-state index in [2.05, 4.69) is 39.2 Å². The second-order valence-corrected chi connectivity index (χ2v) is 5.57. The SMILES string of the molecule is Cc1ccccc1Cc1nnc(Cc2nc3ccccc3[nH]2)o1. The van der Waals surface area contributed by atoms with E-state index in [1.807, 2.05) is 36.4 Å². The van der Waals surface area contributed by atoms with Gasteiger partial charge in [0.15, 0.2) is 0 Å². The topological polar surface area (TPSA) is 67.6 Å². The molecular formula is C18H16N4O. The minimum absolute atomic E-state index is 0.509. The van der Waals surface area contributed by atoms with Gasteiger partial charge in [0.05, 0.1) is 23.9 Å². The molecule has 2 aromatic heterocycles. The Kier molecular flexibility index (Phi) is 3.38. The van der Waals surface area contributed by atoms with E-state index < -0.39 is 0 Å². The number of rotatable bonds is 4. The highest BCUT2D eigenvalue weighted by Gasteiger charge is 2.11. The van der Waals surface area contributed by atoms with Crippen LogP contribution < -0.4 is 0 Å². The van der Waals surface area contributed by atoms with Crippen molar-refractivity contribution in [2.24, 2.45) is 0 Å². The Bertz CT molecular complexity index is 921. The summed E-state index contributed by atoms with van der Waals surface area (Å²) in [6.45, 7) is 2.08. The number of aromatic nitrogens is 4. The molecule has 114 valence electrons. The Hall–Kier alpha value is -2.95. The van der Waals surface area contributed by atoms with Crippen molar-refractivity contribution in [3.05, 3.63) is 77.3 Å². The van der Waals surface area contributed by atoms with Crippen molar-refractivity contribution in [1.82, 2.24) is 20.2 Å². The molecule has 0 aliphatic rings. The molecule has 23 heavy (non-hydrogen) atoms. The van der Waals surface area contributed by atoms with Crippen molar-refractivity contribution in [2.45, 2.75) is 19.8 Å². The zero-order valence-corrected chi connectivity index (χ0v) is 12.8. The first-order valence-corrected chi connectivity index (χ1v) is 7.57. The molecule has 0 unspecified atom stereocenters. The van der Waals surface area contributed by atoms with Crippen LogP contribution >= 0.6 is 0 Å². The Morgan fingerprint density at radius 2 is 1.65 bits per heavy atom. The third kappa shape index (κ3) is 2.85. The zero-order chi connectivity index (χ0) is 15.6. The smallest absolute Gasteiger partial charge is 0.224 e. The van der Waals surface area contributed by atoms with E-state index in [0.717, 1.165) is 16.9 Å². The summed E-state index contributed by atoms with van der Waals surface area (Å²) in [5.74, 6) is 2.04. The predicted octanol–water partition coefficient (Wildman–Crippen LogP) is 3.44. The third-order valence-electron chi connectivity index (χ3n) is 3.87. The number of hydrogen-bond acceptors (Lipinski definition) is 4. The van der Waals surface area contributed by atoms with E-state index in [0.29, 0.717) is 24.6 Å². The molecule has 5 heteroatoms. The van der Waals surface area contributed by atoms with Gasteiger partial charge in [-0.3, -0.25) is 0 Å². The summed E-state index contributed by atoms with van der Waals surface area (Å²) >= 11 is 0. The number of nitrogens with one attached hydrogen (secondary N) is 1. The van der Waals surface area contributed by atoms with Crippen molar-refractivity contribution in [3.63, 3.8) is 0 Å². The largest absolute Gasteiger partial charge is 0.424 e. The molecule has 0 fully saturated rings. The van der Waals surface area contributed by atoms with E-state index in [9.17, 15) is 0 Å². The van der Waals surface area contributed by atoms with Crippen LogP contribution in [-0.2, 0) is 12.8 Å². The summed E-state index contributed by atoms with van der Waals surface area (Å²) in [5, 5.41) is 8.28. The molecule has 5 nitrogen and oxygen atoms in total. The summed E-state index contributed by atoms with van der Waals surface area (Å²) in [4.78, 5) is 7.81. The van der Waals surface area contributed by atoms with Crippen molar-refractivity contribution in [1.29, 1.82) is 0 Å². The Morgan fingerprint density at radius 1 is 0.913 bits per heavy atom. The molecule has 0 saturated carbocycles. The van der Waals surface area contributed by atoms with Crippen LogP contribution in [-0.4, -0.2) is 20.2 Å². The van der Waals surface area contributed by atoms with Crippen LogP contribution in [0.5, 0.6) is 0 Å². The maximum atomic E-state index is 5.76. The molecule has 0 aliphatic carbocycles. The quantitative estimate of drug-likeness (QED) is 0.627. The van der Waals surface area contributed by atoms with Crippen molar-refractivity contribution in [3.8, 4) is 0 Å². The number of imidazole rings is 1. The lowest BCUT2D eigenvalue weighted by Crippen LogP contribution is -1.91. The van der Waals surface area contributed by atoms with Gasteiger partial charge < -0.3 is 9.40 Å². The fourth-order valence-corrected chi connectivity index (χ4v) is 2.64. The molecule has 0 spiro atoms. The van der Waals surface area contributed by atoms with Crippen molar-refractivity contribution < 1.29 is 4.42 Å². The number of hydrogen-bond donors (Lipinski definition) is 1. The van der Waals surface area contributed by atoms with Crippen LogP contribution in [0.15, 0.2) is 52.9 Å². The minimum Gasteiger partial charge on any atom is -0.424 e. The zero-order valence-electron chi connectivity index (χ0n) is 12.8. The van der Waals surface area contributed by atoms with Crippen LogP contribution in [0.2, 0.25) is 0 Å². The maximum Gasteiger partial charge on any atom is 0.224 e. The Morgan fingerprint density at radius 3 is 2.48 bits per heavy atom. The Labute approximate surface area is 133 Å². The summed E-state index contributed by atoms with van der Waals surface area (Å²) in [7, 11) is 0. The lowest BCUT2D eigenvalue weighted by molar-refractivity contribution is 0.464. The van der Waals surface area contributed by atoms with Gasteiger partial charge in [0.1, 0.15) is 5.82 Å². The second-order valence-electron chi connectivity index (χ2n) is 5.57. The molecule has 0 saturated heterocycles. The van der Waals surface area contributed by atoms with Gasteiger partial charge in [-0.05, 0) is 30.2 Å². The number of aryl methyl sites for hydroxylation is 1. The van der Waals surface area contributed by atoms with Gasteiger partial charge in [-0.2, -0.15) is 0 Å². The Balaban J connectivity index is 1.52. The standard InChI is InChI=1S/C18H16N4O/c1-12-6-2-3-7-13(12)10-17-21-22-18(23-17)11-16-19-14-8-4-5-9-15(14)20-16/h2-9H,10-11H2,1H3,(H,19,20). The highest BCUT2D eigenvalue weighted by molar-refractivity contribution is 5.74. The maximum absolute atomic E-state index is 5.76. The van der Waals surface area contributed by atoms with E-state index in [4.69, 9.17) is 4.42 Å². The first-order valence-electron chi connectivity index (χ1n) is 7.57. The average Bonchev–Trinajstić information content (AvgIpc) is 3.16. The molecule has 4 aromatic rings. The molecule has 1 N–H and O–H groups in total. The van der Waals surface area contributed by atoms with Crippen LogP contribution in [0, 0.1) is 6.92 Å². The van der Waals surface area contributed by atoms with Gasteiger partial charge in [-0.25, -0.2) is 4.98 Å². The molecule has 0 aliphatic heterocycles. The van der Waals surface area contributed by atoms with E-state index >= 15 is 0 Å². The second kappa shape index (κ2) is 5.68. The molecule has 0 atom stereocenters. The van der Waals surface area contributed by atoms with Gasteiger partial charge >= 0.3 is 0 Å². The van der Waals surface area contributed by atoms with E-state index in [1.54, 1.807) is 0 Å². The monoisotopic (exact) mass is 304 g/mol. The number of aromatic amines is 1. The van der Waals surface area contributed by atoms with Crippen LogP contribution in [0.4, 0.5) is 0 Å². The molecule has 0 bridgehead atoms. The van der Waals surface area contributed by atoms with E-state index in [1.165, 1.54) is 11.1 Å². The molecule has 0 amide bonds. The van der Waals surface area contributed by atoms with Crippen molar-refractivity contribution >= 4 is 11.0 Å². The lowest BCUT2D eigenvalue weighted by atomic mass is 10.1. The van der Waals surface area contributed by atoms with Crippen LogP contribution in [0.25, 0.3) is 11.0 Å². The fraction of sp³-hybridized carbons (Fsp3) is 0.167. The number of H-pyrrole nitrogens is 1. The number of nitrogens with zero attached hydrogens (tertiary/aromatic N) is 3. The normalized spacial score (nSPS) is 11.2. The highest BCUT2D eigenvalue weighted by Crippen LogP contribution is 2.15. The van der Waals surface area contributed by atoms with Crippen molar-refractivity contribution in [2.75, 3.05) is 0 Å². The predicted molar refractivity (Wildman–Crippen MR) is 87.2 cm³/mol. The minimum atomic E-state index is 0.509. The molecular weight excluding hydrogens is 288 g/mol. The molecule has 2 heterocycles. The molecule has 2 aromatic carbocycles. The lowest BCUT2D eigenvalue weighted by Gasteiger charge is -2.00. The summed E-state index contributed by atoms with van der Waals surface area (Å²) in [5.41, 5.74) is 4.39. The fourth-order valence-electron chi connectivity index (χ4n) is 2.64. The van der Waals surface area contributed by atoms with Gasteiger partial charge in [0.2, 0.25) is 11.8 Å².